The molecule has 1 aliphatic heterocycles. The van der Waals surface area contributed by atoms with Gasteiger partial charge in [-0.05, 0) is 19.9 Å². The number of carboxylic acids is 1. The van der Waals surface area contributed by atoms with Crippen molar-refractivity contribution in [3.05, 3.63) is 0 Å². The van der Waals surface area contributed by atoms with Crippen LogP contribution in [0.5, 0.6) is 0 Å². The van der Waals surface area contributed by atoms with Crippen molar-refractivity contribution in [2.24, 2.45) is 5.92 Å². The molecule has 1 saturated heterocycles. The number of carboxylic acid groups (broad SMARTS) is 1. The zero-order chi connectivity index (χ0) is 12.1. The highest BCUT2D eigenvalue weighted by Gasteiger charge is 2.28. The molecule has 5 heteroatoms. The van der Waals surface area contributed by atoms with Gasteiger partial charge in [-0.15, -0.1) is 0 Å². The molecular weight excluding hydrogens is 208 g/mol. The predicted molar refractivity (Wildman–Crippen MR) is 60.1 cm³/mol. The van der Waals surface area contributed by atoms with E-state index < -0.39 is 11.9 Å². The monoisotopic (exact) mass is 228 g/mol. The lowest BCUT2D eigenvalue weighted by Crippen LogP contribution is -2.50. The molecule has 0 aliphatic carbocycles. The van der Waals surface area contributed by atoms with Gasteiger partial charge in [0.2, 0.25) is 5.91 Å². The first-order valence-electron chi connectivity index (χ1n) is 5.80. The van der Waals surface area contributed by atoms with Crippen LogP contribution in [0.1, 0.15) is 20.3 Å². The lowest BCUT2D eigenvalue weighted by molar-refractivity contribution is -0.151. The molecule has 0 aromatic carbocycles. The van der Waals surface area contributed by atoms with Crippen LogP contribution >= 0.6 is 0 Å². The number of hydrogen-bond acceptors (Lipinski definition) is 3. The summed E-state index contributed by atoms with van der Waals surface area (Å²) in [5.41, 5.74) is 0. The third kappa shape index (κ3) is 3.20. The summed E-state index contributed by atoms with van der Waals surface area (Å²) in [4.78, 5) is 26.4. The average Bonchev–Trinajstić information content (AvgIpc) is 2.28. The molecular formula is C11H20N2O3. The van der Waals surface area contributed by atoms with E-state index in [-0.39, 0.29) is 5.91 Å². The van der Waals surface area contributed by atoms with Crippen molar-refractivity contribution in [1.29, 1.82) is 0 Å². The van der Waals surface area contributed by atoms with Crippen molar-refractivity contribution in [3.8, 4) is 0 Å². The first-order valence-corrected chi connectivity index (χ1v) is 5.80. The summed E-state index contributed by atoms with van der Waals surface area (Å²) in [5.74, 6) is -2.22. The van der Waals surface area contributed by atoms with E-state index >= 15 is 0 Å². The minimum Gasteiger partial charge on any atom is -0.481 e. The number of rotatable bonds is 4. The SMILES string of the molecule is CCCN1CCN(C(=O)C(C)C(=O)O)CC1. The fourth-order valence-electron chi connectivity index (χ4n) is 1.89. The van der Waals surface area contributed by atoms with Gasteiger partial charge in [0.15, 0.2) is 0 Å². The summed E-state index contributed by atoms with van der Waals surface area (Å²) >= 11 is 0. The summed E-state index contributed by atoms with van der Waals surface area (Å²) in [6, 6.07) is 0. The molecule has 1 heterocycles. The van der Waals surface area contributed by atoms with Crippen LogP contribution in [0.25, 0.3) is 0 Å². The predicted octanol–water partition coefficient (Wildman–Crippen LogP) is 0.261. The molecule has 1 fully saturated rings. The van der Waals surface area contributed by atoms with Gasteiger partial charge in [0.1, 0.15) is 5.92 Å². The van der Waals surface area contributed by atoms with Crippen LogP contribution in [-0.2, 0) is 9.59 Å². The van der Waals surface area contributed by atoms with E-state index in [9.17, 15) is 9.59 Å². The Morgan fingerprint density at radius 1 is 1.25 bits per heavy atom. The lowest BCUT2D eigenvalue weighted by Gasteiger charge is -2.35. The fraction of sp³-hybridized carbons (Fsp3) is 0.818. The topological polar surface area (TPSA) is 60.9 Å². The largest absolute Gasteiger partial charge is 0.481 e. The highest BCUT2D eigenvalue weighted by atomic mass is 16.4. The molecule has 0 saturated carbocycles. The van der Waals surface area contributed by atoms with Crippen LogP contribution in [0.15, 0.2) is 0 Å². The molecule has 1 amide bonds. The Morgan fingerprint density at radius 3 is 2.25 bits per heavy atom. The molecule has 5 nitrogen and oxygen atoms in total. The summed E-state index contributed by atoms with van der Waals surface area (Å²) in [7, 11) is 0. The molecule has 0 aromatic heterocycles. The van der Waals surface area contributed by atoms with Crippen LogP contribution in [-0.4, -0.2) is 59.5 Å². The van der Waals surface area contributed by atoms with Crippen molar-refractivity contribution in [1.82, 2.24) is 9.80 Å². The third-order valence-corrected chi connectivity index (χ3v) is 2.96. The average molecular weight is 228 g/mol. The van der Waals surface area contributed by atoms with Crippen molar-refractivity contribution in [2.45, 2.75) is 20.3 Å². The molecule has 92 valence electrons. The molecule has 0 bridgehead atoms. The van der Waals surface area contributed by atoms with E-state index in [1.165, 1.54) is 6.92 Å². The second-order valence-corrected chi connectivity index (χ2v) is 4.23. The van der Waals surface area contributed by atoms with Crippen LogP contribution < -0.4 is 0 Å². The first kappa shape index (κ1) is 13.0. The minimum atomic E-state index is -1.04. The van der Waals surface area contributed by atoms with Crippen molar-refractivity contribution >= 4 is 11.9 Å². The highest BCUT2D eigenvalue weighted by molar-refractivity contribution is 5.96. The third-order valence-electron chi connectivity index (χ3n) is 2.96. The molecule has 1 rings (SSSR count). The Balaban J connectivity index is 2.41. The molecule has 0 spiro atoms. The van der Waals surface area contributed by atoms with Crippen LogP contribution in [0, 0.1) is 5.92 Å². The molecule has 16 heavy (non-hydrogen) atoms. The maximum atomic E-state index is 11.7. The molecule has 1 atom stereocenters. The number of carbonyl (C=O) groups is 2. The smallest absolute Gasteiger partial charge is 0.315 e. The standard InChI is InChI=1S/C11H20N2O3/c1-3-4-12-5-7-13(8-6-12)10(14)9(2)11(15)16/h9H,3-8H2,1-2H3,(H,15,16). The molecule has 1 N–H and O–H groups in total. The van der Waals surface area contributed by atoms with Crippen molar-refractivity contribution < 1.29 is 14.7 Å². The summed E-state index contributed by atoms with van der Waals surface area (Å²) in [6.07, 6.45) is 1.11. The molecule has 0 aromatic rings. The van der Waals surface area contributed by atoms with Crippen LogP contribution in [0.4, 0.5) is 0 Å². The fourth-order valence-corrected chi connectivity index (χ4v) is 1.89. The number of aliphatic carboxylic acids is 1. The molecule has 1 unspecified atom stereocenters. The zero-order valence-corrected chi connectivity index (χ0v) is 9.98. The molecule has 0 radical (unpaired) electrons. The highest BCUT2D eigenvalue weighted by Crippen LogP contribution is 2.08. The summed E-state index contributed by atoms with van der Waals surface area (Å²) in [6.45, 7) is 7.63. The van der Waals surface area contributed by atoms with E-state index in [2.05, 4.69) is 11.8 Å². The lowest BCUT2D eigenvalue weighted by atomic mass is 10.1. The second kappa shape index (κ2) is 5.84. The summed E-state index contributed by atoms with van der Waals surface area (Å²) < 4.78 is 0. The van der Waals surface area contributed by atoms with Gasteiger partial charge in [-0.2, -0.15) is 0 Å². The number of piperazine rings is 1. The van der Waals surface area contributed by atoms with Gasteiger partial charge < -0.3 is 10.0 Å². The Kier molecular flexibility index (Phi) is 4.73. The van der Waals surface area contributed by atoms with Crippen LogP contribution in [0.2, 0.25) is 0 Å². The maximum Gasteiger partial charge on any atom is 0.315 e. The van der Waals surface area contributed by atoms with Gasteiger partial charge in [0.25, 0.3) is 0 Å². The Morgan fingerprint density at radius 2 is 1.81 bits per heavy atom. The van der Waals surface area contributed by atoms with Gasteiger partial charge >= 0.3 is 5.97 Å². The van der Waals surface area contributed by atoms with Gasteiger partial charge in [-0.25, -0.2) is 0 Å². The Hall–Kier alpha value is -1.10. The number of hydrogen-bond donors (Lipinski definition) is 1. The van der Waals surface area contributed by atoms with Gasteiger partial charge in [0.05, 0.1) is 0 Å². The number of carbonyl (C=O) groups excluding carboxylic acids is 1. The maximum absolute atomic E-state index is 11.7. The Labute approximate surface area is 96.0 Å². The normalized spacial score (nSPS) is 19.5. The van der Waals surface area contributed by atoms with Crippen molar-refractivity contribution in [2.75, 3.05) is 32.7 Å². The van der Waals surface area contributed by atoms with E-state index in [4.69, 9.17) is 5.11 Å². The van der Waals surface area contributed by atoms with Crippen molar-refractivity contribution in [3.63, 3.8) is 0 Å². The van der Waals surface area contributed by atoms with Gasteiger partial charge in [-0.1, -0.05) is 6.92 Å². The zero-order valence-electron chi connectivity index (χ0n) is 9.98. The van der Waals surface area contributed by atoms with Gasteiger partial charge in [0, 0.05) is 26.2 Å². The number of amides is 1. The van der Waals surface area contributed by atoms with Gasteiger partial charge in [-0.3, -0.25) is 14.5 Å². The van der Waals surface area contributed by atoms with E-state index in [0.717, 1.165) is 26.1 Å². The van der Waals surface area contributed by atoms with Crippen LogP contribution in [0.3, 0.4) is 0 Å². The number of nitrogens with zero attached hydrogens (tertiary/aromatic N) is 2. The van der Waals surface area contributed by atoms with E-state index in [1.54, 1.807) is 4.90 Å². The quantitative estimate of drug-likeness (QED) is 0.701. The minimum absolute atomic E-state index is 0.261. The van der Waals surface area contributed by atoms with E-state index in [0.29, 0.717) is 13.1 Å². The molecule has 1 aliphatic rings. The second-order valence-electron chi connectivity index (χ2n) is 4.23. The summed E-state index contributed by atoms with van der Waals surface area (Å²) in [5, 5.41) is 8.76. The Bertz CT molecular complexity index is 260. The van der Waals surface area contributed by atoms with E-state index in [1.807, 2.05) is 0 Å². The first-order chi connectivity index (χ1) is 7.56.